The lowest BCUT2D eigenvalue weighted by Gasteiger charge is -2.12. The molecule has 0 fully saturated rings. The molecule has 1 heterocycles. The lowest BCUT2D eigenvalue weighted by molar-refractivity contribution is 0.0944. The summed E-state index contributed by atoms with van der Waals surface area (Å²) in [7, 11) is 0. The van der Waals surface area contributed by atoms with Gasteiger partial charge in [-0.2, -0.15) is 0 Å². The molecule has 0 aliphatic rings. The maximum absolute atomic E-state index is 13.4. The molecule has 0 spiro atoms. The SMILES string of the molecule is O=C(NNC(=S)Nc1ccc(F)cc1F)c1ccncc1. The summed E-state index contributed by atoms with van der Waals surface area (Å²) in [4.78, 5) is 15.5. The fourth-order valence-electron chi connectivity index (χ4n) is 1.43. The highest BCUT2D eigenvalue weighted by Crippen LogP contribution is 2.14. The summed E-state index contributed by atoms with van der Waals surface area (Å²) >= 11 is 4.89. The highest BCUT2D eigenvalue weighted by atomic mass is 32.1. The number of hydrazine groups is 1. The van der Waals surface area contributed by atoms with Crippen molar-refractivity contribution in [2.24, 2.45) is 0 Å². The normalized spacial score (nSPS) is 9.81. The van der Waals surface area contributed by atoms with Crippen molar-refractivity contribution in [2.75, 3.05) is 5.32 Å². The molecule has 1 amide bonds. The van der Waals surface area contributed by atoms with Crippen molar-refractivity contribution in [1.29, 1.82) is 0 Å². The molecule has 108 valence electrons. The number of amides is 1. The number of hydrogen-bond acceptors (Lipinski definition) is 3. The first-order valence-electron chi connectivity index (χ1n) is 5.78. The topological polar surface area (TPSA) is 66.1 Å². The van der Waals surface area contributed by atoms with Gasteiger partial charge in [0.1, 0.15) is 11.6 Å². The number of carbonyl (C=O) groups excluding carboxylic acids is 1. The highest BCUT2D eigenvalue weighted by Gasteiger charge is 2.07. The van der Waals surface area contributed by atoms with E-state index in [1.165, 1.54) is 30.6 Å². The van der Waals surface area contributed by atoms with Crippen LogP contribution in [0.25, 0.3) is 0 Å². The number of carbonyl (C=O) groups is 1. The zero-order valence-corrected chi connectivity index (χ0v) is 11.4. The molecule has 21 heavy (non-hydrogen) atoms. The van der Waals surface area contributed by atoms with Gasteiger partial charge in [-0.05, 0) is 36.5 Å². The number of nitrogens with zero attached hydrogens (tertiary/aromatic N) is 1. The van der Waals surface area contributed by atoms with Crippen LogP contribution in [0.1, 0.15) is 10.4 Å². The minimum Gasteiger partial charge on any atom is -0.329 e. The molecule has 0 saturated heterocycles. The van der Waals surface area contributed by atoms with Gasteiger partial charge in [0.05, 0.1) is 5.69 Å². The molecule has 2 aromatic rings. The average molecular weight is 308 g/mol. The van der Waals surface area contributed by atoms with Gasteiger partial charge >= 0.3 is 0 Å². The summed E-state index contributed by atoms with van der Waals surface area (Å²) in [6.45, 7) is 0. The third kappa shape index (κ3) is 4.18. The maximum Gasteiger partial charge on any atom is 0.269 e. The zero-order valence-electron chi connectivity index (χ0n) is 10.6. The molecule has 8 heteroatoms. The van der Waals surface area contributed by atoms with Crippen LogP contribution in [0.4, 0.5) is 14.5 Å². The number of aromatic nitrogens is 1. The first-order chi connectivity index (χ1) is 10.1. The summed E-state index contributed by atoms with van der Waals surface area (Å²) in [6, 6.07) is 6.05. The Morgan fingerprint density at radius 2 is 1.81 bits per heavy atom. The van der Waals surface area contributed by atoms with Gasteiger partial charge in [0, 0.05) is 24.0 Å². The molecule has 0 saturated carbocycles. The molecule has 2 rings (SSSR count). The minimum atomic E-state index is -0.792. The van der Waals surface area contributed by atoms with Crippen molar-refractivity contribution in [3.63, 3.8) is 0 Å². The van der Waals surface area contributed by atoms with E-state index in [-0.39, 0.29) is 10.8 Å². The number of benzene rings is 1. The number of anilines is 1. The molecule has 0 unspecified atom stereocenters. The fourth-order valence-corrected chi connectivity index (χ4v) is 1.59. The van der Waals surface area contributed by atoms with Crippen LogP contribution in [0, 0.1) is 11.6 Å². The molecule has 0 atom stereocenters. The van der Waals surface area contributed by atoms with E-state index >= 15 is 0 Å². The molecular formula is C13H10F2N4OS. The van der Waals surface area contributed by atoms with E-state index in [1.54, 1.807) is 0 Å². The second-order valence-electron chi connectivity index (χ2n) is 3.89. The van der Waals surface area contributed by atoms with Gasteiger partial charge in [-0.25, -0.2) is 8.78 Å². The number of nitrogens with one attached hydrogen (secondary N) is 3. The Bertz CT molecular complexity index is 666. The van der Waals surface area contributed by atoms with E-state index in [9.17, 15) is 13.6 Å². The Hall–Kier alpha value is -2.61. The van der Waals surface area contributed by atoms with Gasteiger partial charge in [-0.15, -0.1) is 0 Å². The summed E-state index contributed by atoms with van der Waals surface area (Å²) in [5.74, 6) is -1.91. The Labute approximate surface area is 124 Å². The van der Waals surface area contributed by atoms with Crippen LogP contribution in [0.5, 0.6) is 0 Å². The second kappa shape index (κ2) is 6.71. The molecule has 0 aliphatic heterocycles. The van der Waals surface area contributed by atoms with Gasteiger partial charge in [0.2, 0.25) is 0 Å². The number of hydrogen-bond donors (Lipinski definition) is 3. The monoisotopic (exact) mass is 308 g/mol. The predicted molar refractivity (Wildman–Crippen MR) is 77.4 cm³/mol. The van der Waals surface area contributed by atoms with Crippen LogP contribution >= 0.6 is 12.2 Å². The molecule has 5 nitrogen and oxygen atoms in total. The number of halogens is 2. The van der Waals surface area contributed by atoms with E-state index < -0.39 is 17.5 Å². The second-order valence-corrected chi connectivity index (χ2v) is 4.30. The largest absolute Gasteiger partial charge is 0.329 e. The maximum atomic E-state index is 13.4. The van der Waals surface area contributed by atoms with E-state index in [2.05, 4.69) is 21.2 Å². The van der Waals surface area contributed by atoms with E-state index in [4.69, 9.17) is 12.2 Å². The van der Waals surface area contributed by atoms with Crippen LogP contribution in [-0.2, 0) is 0 Å². The molecule has 1 aromatic heterocycles. The standard InChI is InChI=1S/C13H10F2N4OS/c14-9-1-2-11(10(15)7-9)17-13(21)19-18-12(20)8-3-5-16-6-4-8/h1-7H,(H,18,20)(H2,17,19,21). The van der Waals surface area contributed by atoms with Crippen LogP contribution in [0.15, 0.2) is 42.7 Å². The van der Waals surface area contributed by atoms with Gasteiger partial charge in [-0.1, -0.05) is 0 Å². The van der Waals surface area contributed by atoms with Crippen LogP contribution in [0.3, 0.4) is 0 Å². The Morgan fingerprint density at radius 3 is 2.48 bits per heavy atom. The predicted octanol–water partition coefficient (Wildman–Crippen LogP) is 1.99. The van der Waals surface area contributed by atoms with Crippen molar-refractivity contribution in [2.45, 2.75) is 0 Å². The van der Waals surface area contributed by atoms with Gasteiger partial charge in [0.25, 0.3) is 5.91 Å². The summed E-state index contributed by atoms with van der Waals surface area (Å²) in [5, 5.41) is 2.46. The van der Waals surface area contributed by atoms with Crippen molar-refractivity contribution >= 4 is 28.9 Å². The first-order valence-corrected chi connectivity index (χ1v) is 6.19. The molecule has 0 bridgehead atoms. The van der Waals surface area contributed by atoms with Crippen molar-refractivity contribution in [3.8, 4) is 0 Å². The number of thiocarbonyl (C=S) groups is 1. The average Bonchev–Trinajstić information content (AvgIpc) is 2.48. The quantitative estimate of drug-likeness (QED) is 0.585. The third-order valence-corrected chi connectivity index (χ3v) is 2.62. The Balaban J connectivity index is 1.89. The smallest absolute Gasteiger partial charge is 0.269 e. The third-order valence-electron chi connectivity index (χ3n) is 2.41. The lowest BCUT2D eigenvalue weighted by atomic mass is 10.3. The lowest BCUT2D eigenvalue weighted by Crippen LogP contribution is -2.43. The van der Waals surface area contributed by atoms with E-state index in [0.717, 1.165) is 12.1 Å². The molecule has 0 aliphatic carbocycles. The molecular weight excluding hydrogens is 298 g/mol. The Morgan fingerprint density at radius 1 is 1.10 bits per heavy atom. The minimum absolute atomic E-state index is 0.00735. The van der Waals surface area contributed by atoms with Gasteiger partial charge in [-0.3, -0.25) is 20.6 Å². The van der Waals surface area contributed by atoms with E-state index in [0.29, 0.717) is 5.56 Å². The fraction of sp³-hybridized carbons (Fsp3) is 0. The number of rotatable bonds is 2. The zero-order chi connectivity index (χ0) is 15.2. The molecule has 1 aromatic carbocycles. The van der Waals surface area contributed by atoms with Gasteiger partial charge in [0.15, 0.2) is 5.11 Å². The van der Waals surface area contributed by atoms with Crippen molar-refractivity contribution < 1.29 is 13.6 Å². The summed E-state index contributed by atoms with van der Waals surface area (Å²) in [5.41, 5.74) is 5.12. The van der Waals surface area contributed by atoms with Gasteiger partial charge < -0.3 is 5.32 Å². The summed E-state index contributed by atoms with van der Waals surface area (Å²) in [6.07, 6.45) is 2.94. The molecule has 3 N–H and O–H groups in total. The van der Waals surface area contributed by atoms with Crippen LogP contribution < -0.4 is 16.2 Å². The number of pyridine rings is 1. The Kier molecular flexibility index (Phi) is 4.72. The van der Waals surface area contributed by atoms with Crippen LogP contribution in [0.2, 0.25) is 0 Å². The van der Waals surface area contributed by atoms with Crippen molar-refractivity contribution in [1.82, 2.24) is 15.8 Å². The first kappa shape index (κ1) is 14.8. The molecule has 0 radical (unpaired) electrons. The van der Waals surface area contributed by atoms with Crippen LogP contribution in [-0.4, -0.2) is 16.0 Å². The van der Waals surface area contributed by atoms with E-state index in [1.807, 2.05) is 0 Å². The summed E-state index contributed by atoms with van der Waals surface area (Å²) < 4.78 is 26.1. The highest BCUT2D eigenvalue weighted by molar-refractivity contribution is 7.80. The van der Waals surface area contributed by atoms with Crippen molar-refractivity contribution in [3.05, 3.63) is 59.9 Å².